The fourth-order valence-corrected chi connectivity index (χ4v) is 4.65. The van der Waals surface area contributed by atoms with Crippen LogP contribution in [-0.2, 0) is 12.0 Å². The van der Waals surface area contributed by atoms with E-state index < -0.39 is 6.04 Å². The van der Waals surface area contributed by atoms with Crippen LogP contribution in [0.5, 0.6) is 0 Å². The van der Waals surface area contributed by atoms with Crippen molar-refractivity contribution in [2.75, 3.05) is 0 Å². The Balaban J connectivity index is 1.70. The third kappa shape index (κ3) is 3.65. The smallest absolute Gasteiger partial charge is 0.291 e. The first-order valence-corrected chi connectivity index (χ1v) is 11.3. The van der Waals surface area contributed by atoms with Crippen LogP contribution in [0.25, 0.3) is 11.0 Å². The Morgan fingerprint density at radius 2 is 1.58 bits per heavy atom. The van der Waals surface area contributed by atoms with E-state index in [4.69, 9.17) is 16.0 Å². The van der Waals surface area contributed by atoms with Gasteiger partial charge in [0.15, 0.2) is 5.43 Å². The molecule has 0 spiro atoms. The summed E-state index contributed by atoms with van der Waals surface area (Å²) in [6.07, 6.45) is 0. The molecule has 1 aliphatic heterocycles. The number of carbonyl (C=O) groups excluding carboxylic acids is 1. The Morgan fingerprint density at radius 3 is 2.27 bits per heavy atom. The number of amides is 1. The minimum atomic E-state index is -0.557. The van der Waals surface area contributed by atoms with E-state index in [1.54, 1.807) is 35.2 Å². The molecule has 33 heavy (non-hydrogen) atoms. The molecule has 4 nitrogen and oxygen atoms in total. The number of fused-ring (bicyclic) bond motifs is 2. The van der Waals surface area contributed by atoms with Crippen molar-refractivity contribution in [2.24, 2.45) is 0 Å². The number of benzene rings is 3. The zero-order valence-electron chi connectivity index (χ0n) is 18.8. The fourth-order valence-electron chi connectivity index (χ4n) is 4.45. The van der Waals surface area contributed by atoms with E-state index in [1.165, 1.54) is 5.56 Å². The number of halogens is 1. The number of carbonyl (C=O) groups is 1. The molecule has 166 valence electrons. The average molecular weight is 458 g/mol. The second-order valence-electron chi connectivity index (χ2n) is 9.47. The zero-order valence-corrected chi connectivity index (χ0v) is 19.5. The summed E-state index contributed by atoms with van der Waals surface area (Å²) in [4.78, 5) is 28.8. The zero-order chi connectivity index (χ0) is 23.3. The van der Waals surface area contributed by atoms with E-state index in [0.29, 0.717) is 21.6 Å². The van der Waals surface area contributed by atoms with Gasteiger partial charge in [-0.05, 0) is 40.3 Å². The summed E-state index contributed by atoms with van der Waals surface area (Å²) in [5.74, 6) is -0.201. The standard InChI is InChI=1S/C28H24ClNO3/c1-28(2,3)19-14-12-17(13-15-19)24-23-25(31)20-9-5-7-11-22(20)33-26(23)27(32)30(24)16-18-8-4-6-10-21(18)29/h4-15,24H,16H2,1-3H3. The molecule has 0 saturated carbocycles. The first-order chi connectivity index (χ1) is 15.8. The summed E-state index contributed by atoms with van der Waals surface area (Å²) < 4.78 is 6.00. The van der Waals surface area contributed by atoms with Crippen molar-refractivity contribution in [3.05, 3.63) is 116 Å². The van der Waals surface area contributed by atoms with Crippen LogP contribution in [-0.4, -0.2) is 10.8 Å². The maximum absolute atomic E-state index is 13.6. The van der Waals surface area contributed by atoms with Crippen LogP contribution in [0.2, 0.25) is 5.02 Å². The monoisotopic (exact) mass is 457 g/mol. The molecule has 1 aromatic heterocycles. The van der Waals surface area contributed by atoms with Crippen LogP contribution in [0, 0.1) is 0 Å². The third-order valence-electron chi connectivity index (χ3n) is 6.26. The minimum absolute atomic E-state index is 0.00554. The third-order valence-corrected chi connectivity index (χ3v) is 6.63. The number of para-hydroxylation sites is 1. The molecule has 0 aliphatic carbocycles. The minimum Gasteiger partial charge on any atom is -0.450 e. The van der Waals surface area contributed by atoms with E-state index >= 15 is 0 Å². The van der Waals surface area contributed by atoms with Gasteiger partial charge in [0.25, 0.3) is 5.91 Å². The van der Waals surface area contributed by atoms with Crippen LogP contribution in [0.1, 0.15) is 59.6 Å². The van der Waals surface area contributed by atoms with Crippen molar-refractivity contribution in [3.63, 3.8) is 0 Å². The molecule has 0 bridgehead atoms. The maximum Gasteiger partial charge on any atom is 0.291 e. The largest absolute Gasteiger partial charge is 0.450 e. The van der Waals surface area contributed by atoms with E-state index in [0.717, 1.165) is 11.1 Å². The number of hydrogen-bond acceptors (Lipinski definition) is 3. The maximum atomic E-state index is 13.6. The lowest BCUT2D eigenvalue weighted by Crippen LogP contribution is -2.29. The summed E-state index contributed by atoms with van der Waals surface area (Å²) in [7, 11) is 0. The predicted octanol–water partition coefficient (Wildman–Crippen LogP) is 6.49. The van der Waals surface area contributed by atoms with Gasteiger partial charge in [-0.1, -0.05) is 87.0 Å². The number of nitrogens with zero attached hydrogens (tertiary/aromatic N) is 1. The first-order valence-electron chi connectivity index (χ1n) is 11.0. The average Bonchev–Trinajstić information content (AvgIpc) is 3.07. The molecule has 4 aromatic rings. The molecule has 1 aliphatic rings. The van der Waals surface area contributed by atoms with Gasteiger partial charge in [-0.3, -0.25) is 9.59 Å². The van der Waals surface area contributed by atoms with Crippen LogP contribution in [0.4, 0.5) is 0 Å². The van der Waals surface area contributed by atoms with Crippen molar-refractivity contribution < 1.29 is 9.21 Å². The van der Waals surface area contributed by atoms with E-state index in [2.05, 4.69) is 32.9 Å². The van der Waals surface area contributed by atoms with Gasteiger partial charge in [-0.15, -0.1) is 0 Å². The molecule has 1 amide bonds. The summed E-state index contributed by atoms with van der Waals surface area (Å²) in [6, 6.07) is 22.1. The molecular formula is C28H24ClNO3. The summed E-state index contributed by atoms with van der Waals surface area (Å²) in [5, 5.41) is 1.05. The van der Waals surface area contributed by atoms with Crippen LogP contribution < -0.4 is 5.43 Å². The van der Waals surface area contributed by atoms with Crippen molar-refractivity contribution >= 4 is 28.5 Å². The van der Waals surface area contributed by atoms with Gasteiger partial charge in [0.2, 0.25) is 5.76 Å². The molecule has 1 atom stereocenters. The van der Waals surface area contributed by atoms with Crippen LogP contribution in [0.3, 0.4) is 0 Å². The SMILES string of the molecule is CC(C)(C)c1ccc(C2c3c(oc4ccccc4c3=O)C(=O)N2Cc2ccccc2Cl)cc1. The number of hydrogen-bond donors (Lipinski definition) is 0. The lowest BCUT2D eigenvalue weighted by atomic mass is 9.86. The first kappa shape index (κ1) is 21.5. The van der Waals surface area contributed by atoms with E-state index in [9.17, 15) is 9.59 Å². The van der Waals surface area contributed by atoms with Gasteiger partial charge >= 0.3 is 0 Å². The normalized spacial score (nSPS) is 15.8. The van der Waals surface area contributed by atoms with Gasteiger partial charge < -0.3 is 9.32 Å². The van der Waals surface area contributed by atoms with Crippen LogP contribution >= 0.6 is 11.6 Å². The topological polar surface area (TPSA) is 50.5 Å². The molecule has 0 fully saturated rings. The Labute approximate surface area is 197 Å². The van der Waals surface area contributed by atoms with Gasteiger partial charge in [0.1, 0.15) is 5.58 Å². The summed E-state index contributed by atoms with van der Waals surface area (Å²) >= 11 is 6.42. The van der Waals surface area contributed by atoms with Crippen molar-refractivity contribution in [2.45, 2.75) is 38.8 Å². The highest BCUT2D eigenvalue weighted by molar-refractivity contribution is 6.31. The summed E-state index contributed by atoms with van der Waals surface area (Å²) in [6.45, 7) is 6.73. The highest BCUT2D eigenvalue weighted by Gasteiger charge is 2.42. The highest BCUT2D eigenvalue weighted by atomic mass is 35.5. The van der Waals surface area contributed by atoms with Gasteiger partial charge in [0, 0.05) is 11.6 Å². The van der Waals surface area contributed by atoms with Gasteiger partial charge in [-0.25, -0.2) is 0 Å². The quantitative estimate of drug-likeness (QED) is 0.353. The Hall–Kier alpha value is -3.37. The second kappa shape index (κ2) is 7.89. The van der Waals surface area contributed by atoms with Gasteiger partial charge in [-0.2, -0.15) is 0 Å². The fraction of sp³-hybridized carbons (Fsp3) is 0.214. The second-order valence-corrected chi connectivity index (χ2v) is 9.88. The predicted molar refractivity (Wildman–Crippen MR) is 131 cm³/mol. The molecule has 3 aromatic carbocycles. The molecule has 0 radical (unpaired) electrons. The molecule has 2 heterocycles. The summed E-state index contributed by atoms with van der Waals surface area (Å²) in [5.41, 5.74) is 3.48. The van der Waals surface area contributed by atoms with Crippen molar-refractivity contribution in [1.29, 1.82) is 0 Å². The highest BCUT2D eigenvalue weighted by Crippen LogP contribution is 2.40. The van der Waals surface area contributed by atoms with E-state index in [1.807, 2.05) is 30.3 Å². The number of rotatable bonds is 3. The van der Waals surface area contributed by atoms with E-state index in [-0.39, 0.29) is 29.1 Å². The lowest BCUT2D eigenvalue weighted by Gasteiger charge is -2.26. The Morgan fingerprint density at radius 1 is 0.909 bits per heavy atom. The molecule has 5 rings (SSSR count). The lowest BCUT2D eigenvalue weighted by molar-refractivity contribution is 0.0714. The molecule has 0 saturated heterocycles. The Bertz CT molecular complexity index is 1430. The Kier molecular flexibility index (Phi) is 5.13. The van der Waals surface area contributed by atoms with Crippen molar-refractivity contribution in [1.82, 2.24) is 4.90 Å². The molecule has 0 N–H and O–H groups in total. The molecular weight excluding hydrogens is 434 g/mol. The molecule has 1 unspecified atom stereocenters. The van der Waals surface area contributed by atoms with Crippen LogP contribution in [0.15, 0.2) is 82.0 Å². The molecule has 5 heteroatoms. The van der Waals surface area contributed by atoms with Crippen molar-refractivity contribution in [3.8, 4) is 0 Å². The van der Waals surface area contributed by atoms with Gasteiger partial charge in [0.05, 0.1) is 17.0 Å².